The van der Waals surface area contributed by atoms with E-state index in [-0.39, 0.29) is 49.6 Å². The number of phosphoric ester groups is 1. The molecule has 0 aromatic heterocycles. The number of urea groups is 1. The van der Waals surface area contributed by atoms with Crippen LogP contribution in [0.5, 0.6) is 0 Å². The van der Waals surface area contributed by atoms with Gasteiger partial charge < -0.3 is 30.3 Å². The Kier molecular flexibility index (Phi) is 9.69. The number of thioether (sulfide) groups is 1. The van der Waals surface area contributed by atoms with Crippen LogP contribution in [0.4, 0.5) is 4.79 Å². The van der Waals surface area contributed by atoms with Crippen LogP contribution in [0.2, 0.25) is 0 Å². The van der Waals surface area contributed by atoms with Crippen molar-refractivity contribution in [1.82, 2.24) is 16.0 Å². The van der Waals surface area contributed by atoms with Crippen molar-refractivity contribution in [2.24, 2.45) is 0 Å². The maximum Gasteiger partial charge on any atom is 0.526 e. The number of nitrogens with one attached hydrogen (secondary N) is 3. The molecule has 4 unspecified atom stereocenters. The highest BCUT2D eigenvalue weighted by Crippen LogP contribution is 2.43. The zero-order chi connectivity index (χ0) is 23.7. The van der Waals surface area contributed by atoms with Gasteiger partial charge in [-0.15, -0.1) is 0 Å². The van der Waals surface area contributed by atoms with Gasteiger partial charge in [0.15, 0.2) is 0 Å². The van der Waals surface area contributed by atoms with Crippen LogP contribution < -0.4 is 16.0 Å². The fourth-order valence-electron chi connectivity index (χ4n) is 3.62. The Morgan fingerprint density at radius 1 is 1.27 bits per heavy atom. The first kappa shape index (κ1) is 25.6. The summed E-state index contributed by atoms with van der Waals surface area (Å²) in [5.74, 6) is 0.907. The topological polar surface area (TPSA) is 155 Å². The molecular formula is C20H30N3O8PS. The van der Waals surface area contributed by atoms with E-state index in [2.05, 4.69) is 16.0 Å². The summed E-state index contributed by atoms with van der Waals surface area (Å²) in [6.45, 7) is 0.492. The molecule has 0 bridgehead atoms. The molecule has 184 valence electrons. The smallest absolute Gasteiger partial charge is 0.508 e. The first-order valence-corrected chi connectivity index (χ1v) is 13.3. The van der Waals surface area contributed by atoms with E-state index in [1.807, 2.05) is 11.8 Å². The van der Waals surface area contributed by atoms with Gasteiger partial charge in [0, 0.05) is 29.5 Å². The number of hydrogen-bond donors (Lipinski definition) is 5. The number of carbonyl (C=O) groups is 2. The molecule has 0 spiro atoms. The summed E-state index contributed by atoms with van der Waals surface area (Å²) in [4.78, 5) is 32.9. The second-order valence-electron chi connectivity index (χ2n) is 7.76. The molecule has 2 fully saturated rings. The van der Waals surface area contributed by atoms with Crippen molar-refractivity contribution in [3.05, 3.63) is 35.8 Å². The van der Waals surface area contributed by atoms with Crippen LogP contribution in [0, 0.1) is 0 Å². The number of amides is 3. The number of aliphatic hydroxyl groups is 1. The van der Waals surface area contributed by atoms with Crippen molar-refractivity contribution in [1.29, 1.82) is 0 Å². The van der Waals surface area contributed by atoms with Gasteiger partial charge in [-0.25, -0.2) is 9.36 Å². The van der Waals surface area contributed by atoms with E-state index in [0.29, 0.717) is 23.8 Å². The van der Waals surface area contributed by atoms with Crippen molar-refractivity contribution >= 4 is 31.5 Å². The Hall–Kier alpha value is -1.98. The van der Waals surface area contributed by atoms with Crippen LogP contribution in [0.1, 0.15) is 25.7 Å². The quantitative estimate of drug-likeness (QED) is 0.103. The molecular weight excluding hydrogens is 473 g/mol. The van der Waals surface area contributed by atoms with Crippen molar-refractivity contribution in [3.8, 4) is 0 Å². The first-order valence-electron chi connectivity index (χ1n) is 10.8. The minimum atomic E-state index is -4.27. The molecule has 3 amide bonds. The van der Waals surface area contributed by atoms with Gasteiger partial charge in [-0.2, -0.15) is 11.8 Å². The van der Waals surface area contributed by atoms with E-state index in [4.69, 9.17) is 13.8 Å². The number of ether oxygens (including phenoxy) is 1. The average Bonchev–Trinajstić information content (AvgIpc) is 3.45. The third-order valence-electron chi connectivity index (χ3n) is 5.21. The van der Waals surface area contributed by atoms with Gasteiger partial charge in [0.05, 0.1) is 31.9 Å². The Balaban J connectivity index is 1.14. The Morgan fingerprint density at radius 2 is 2.12 bits per heavy atom. The maximum absolute atomic E-state index is 11.9. The lowest BCUT2D eigenvalue weighted by Crippen LogP contribution is -2.36. The molecule has 2 saturated heterocycles. The summed E-state index contributed by atoms with van der Waals surface area (Å²) >= 11 is 1.87. The number of phosphoric acid groups is 1. The summed E-state index contributed by atoms with van der Waals surface area (Å²) in [7, 11) is -4.27. The zero-order valence-corrected chi connectivity index (χ0v) is 19.8. The molecule has 0 saturated carbocycles. The molecule has 2 aliphatic heterocycles. The third kappa shape index (κ3) is 8.71. The molecule has 0 aromatic carbocycles. The zero-order valence-electron chi connectivity index (χ0n) is 18.1. The molecule has 1 aliphatic carbocycles. The minimum absolute atomic E-state index is 0.0262. The van der Waals surface area contributed by atoms with Crippen LogP contribution in [-0.2, 0) is 23.1 Å². The van der Waals surface area contributed by atoms with Crippen LogP contribution in [0.3, 0.4) is 0 Å². The van der Waals surface area contributed by atoms with E-state index in [1.54, 1.807) is 0 Å². The Morgan fingerprint density at radius 3 is 2.91 bits per heavy atom. The summed E-state index contributed by atoms with van der Waals surface area (Å²) in [5.41, 5.74) is 0.433. The highest BCUT2D eigenvalue weighted by molar-refractivity contribution is 8.00. The van der Waals surface area contributed by atoms with E-state index in [1.165, 1.54) is 18.2 Å². The normalized spacial score (nSPS) is 26.5. The van der Waals surface area contributed by atoms with Crippen LogP contribution in [-0.4, -0.2) is 71.4 Å². The molecule has 3 aliphatic rings. The SMILES string of the molecule is O=C(CCCCC1SCC2NC(=O)NC21)NCCOCCOP(=O)(O)O/C=C1/C=CC(O)=C1. The van der Waals surface area contributed by atoms with Crippen molar-refractivity contribution in [2.45, 2.75) is 43.0 Å². The van der Waals surface area contributed by atoms with Gasteiger partial charge in [0.1, 0.15) is 12.0 Å². The molecule has 0 aromatic rings. The third-order valence-corrected chi connectivity index (χ3v) is 7.60. The molecule has 33 heavy (non-hydrogen) atoms. The number of aliphatic hydroxyl groups excluding tert-OH is 1. The predicted octanol–water partition coefficient (Wildman–Crippen LogP) is 1.87. The fraction of sp³-hybridized carbons (Fsp3) is 0.600. The number of fused-ring (bicyclic) bond motifs is 1. The van der Waals surface area contributed by atoms with Gasteiger partial charge in [-0.1, -0.05) is 6.42 Å². The van der Waals surface area contributed by atoms with Crippen LogP contribution >= 0.6 is 19.6 Å². The van der Waals surface area contributed by atoms with Gasteiger partial charge in [0.2, 0.25) is 5.91 Å². The van der Waals surface area contributed by atoms with Crippen LogP contribution in [0.15, 0.2) is 35.8 Å². The minimum Gasteiger partial charge on any atom is -0.508 e. The Labute approximate surface area is 196 Å². The number of rotatable bonds is 14. The maximum atomic E-state index is 11.9. The molecule has 3 rings (SSSR count). The van der Waals surface area contributed by atoms with Crippen molar-refractivity contribution in [2.75, 3.05) is 32.1 Å². The van der Waals surface area contributed by atoms with Crippen molar-refractivity contribution < 1.29 is 37.9 Å². The number of unbranched alkanes of at least 4 members (excludes halogenated alkanes) is 1. The summed E-state index contributed by atoms with van der Waals surface area (Å²) in [6, 6.07) is 0.325. The molecule has 11 nitrogen and oxygen atoms in total. The van der Waals surface area contributed by atoms with Gasteiger partial charge in [0.25, 0.3) is 0 Å². The second-order valence-corrected chi connectivity index (χ2v) is 10.4. The number of allylic oxidation sites excluding steroid dienone is 4. The lowest BCUT2D eigenvalue weighted by Gasteiger charge is -2.16. The lowest BCUT2D eigenvalue weighted by molar-refractivity contribution is -0.121. The predicted molar refractivity (Wildman–Crippen MR) is 123 cm³/mol. The van der Waals surface area contributed by atoms with E-state index >= 15 is 0 Å². The van der Waals surface area contributed by atoms with Gasteiger partial charge in [-0.3, -0.25) is 14.2 Å². The number of carbonyl (C=O) groups excluding carboxylic acids is 2. The standard InChI is InChI=1S/C20H30N3O8PS/c24-15-6-5-14(11-15)12-31-32(27,28)30-10-9-29-8-7-21-18(25)4-2-1-3-17-19-16(13-33-17)22-20(26)23-19/h5-6,11-12,16-17,19,24H,1-4,7-10,13H2,(H,21,25)(H,27,28)(H2,22,23,26)/b14-12-. The van der Waals surface area contributed by atoms with Crippen molar-refractivity contribution in [3.63, 3.8) is 0 Å². The van der Waals surface area contributed by atoms with E-state index in [9.17, 15) is 24.2 Å². The molecule has 2 heterocycles. The molecule has 0 radical (unpaired) electrons. The Bertz CT molecular complexity index is 849. The lowest BCUT2D eigenvalue weighted by atomic mass is 10.0. The largest absolute Gasteiger partial charge is 0.526 e. The summed E-state index contributed by atoms with van der Waals surface area (Å²) < 4.78 is 26.5. The average molecular weight is 504 g/mol. The second kappa shape index (κ2) is 12.5. The first-order chi connectivity index (χ1) is 15.8. The van der Waals surface area contributed by atoms with E-state index in [0.717, 1.165) is 31.3 Å². The summed E-state index contributed by atoms with van der Waals surface area (Å²) in [6.07, 6.45) is 8.44. The van der Waals surface area contributed by atoms with Gasteiger partial charge >= 0.3 is 13.9 Å². The number of hydrogen-bond acceptors (Lipinski definition) is 8. The molecule has 5 N–H and O–H groups in total. The molecule has 13 heteroatoms. The fourth-order valence-corrected chi connectivity index (χ4v) is 5.78. The van der Waals surface area contributed by atoms with E-state index < -0.39 is 7.82 Å². The van der Waals surface area contributed by atoms with Gasteiger partial charge in [-0.05, 0) is 31.1 Å². The highest BCUT2D eigenvalue weighted by atomic mass is 32.2. The summed E-state index contributed by atoms with van der Waals surface area (Å²) in [5, 5.41) is 18.2. The monoisotopic (exact) mass is 503 g/mol. The highest BCUT2D eigenvalue weighted by Gasteiger charge is 2.42. The van der Waals surface area contributed by atoms with Crippen LogP contribution in [0.25, 0.3) is 0 Å². The molecule has 4 atom stereocenters.